The summed E-state index contributed by atoms with van der Waals surface area (Å²) in [6.07, 6.45) is 1.85. The number of rotatable bonds is 4. The van der Waals surface area contributed by atoms with E-state index in [1.807, 2.05) is 18.2 Å². The molecule has 2 aliphatic rings. The molecular formula is C21H26FN3O2S. The lowest BCUT2D eigenvalue weighted by Gasteiger charge is -2.26. The van der Waals surface area contributed by atoms with Crippen LogP contribution in [0.5, 0.6) is 0 Å². The molecule has 1 aliphatic heterocycles. The Morgan fingerprint density at radius 1 is 1.11 bits per heavy atom. The number of halogens is 1. The van der Waals surface area contributed by atoms with E-state index in [0.717, 1.165) is 42.6 Å². The van der Waals surface area contributed by atoms with Gasteiger partial charge in [-0.05, 0) is 56.3 Å². The summed E-state index contributed by atoms with van der Waals surface area (Å²) in [5.41, 5.74) is 3.05. The molecule has 0 aromatic heterocycles. The Balaban J connectivity index is 1.62. The van der Waals surface area contributed by atoms with E-state index in [-0.39, 0.29) is 28.7 Å². The van der Waals surface area contributed by atoms with E-state index in [1.54, 1.807) is 24.3 Å². The van der Waals surface area contributed by atoms with Gasteiger partial charge in [0.1, 0.15) is 5.82 Å². The van der Waals surface area contributed by atoms with Gasteiger partial charge in [0.15, 0.2) is 0 Å². The number of likely N-dealkylation sites (N-methyl/N-ethyl adjacent to an activating group) is 1. The number of aryl methyl sites for hydroxylation is 1. The third-order valence-electron chi connectivity index (χ3n) is 6.22. The van der Waals surface area contributed by atoms with Crippen LogP contribution >= 0.6 is 0 Å². The van der Waals surface area contributed by atoms with E-state index in [0.29, 0.717) is 0 Å². The highest BCUT2D eigenvalue weighted by Gasteiger charge is 2.41. The van der Waals surface area contributed by atoms with Gasteiger partial charge in [0.25, 0.3) is 0 Å². The summed E-state index contributed by atoms with van der Waals surface area (Å²) in [6.45, 7) is 1.67. The molecule has 1 unspecified atom stereocenters. The maximum Gasteiger partial charge on any atom is 0.238 e. The Bertz CT molecular complexity index is 976. The monoisotopic (exact) mass is 403 g/mol. The Labute approximate surface area is 166 Å². The average Bonchev–Trinajstić information content (AvgIpc) is 3.26. The number of nitrogens with zero attached hydrogens (tertiary/aromatic N) is 2. The van der Waals surface area contributed by atoms with Crippen molar-refractivity contribution in [3.05, 3.63) is 65.0 Å². The molecule has 0 radical (unpaired) electrons. The van der Waals surface area contributed by atoms with Crippen molar-refractivity contribution >= 4 is 10.0 Å². The van der Waals surface area contributed by atoms with Crippen LogP contribution in [0.2, 0.25) is 0 Å². The largest absolute Gasteiger partial charge is 0.305 e. The first kappa shape index (κ1) is 19.5. The van der Waals surface area contributed by atoms with Gasteiger partial charge in [0, 0.05) is 36.7 Å². The quantitative estimate of drug-likeness (QED) is 0.852. The van der Waals surface area contributed by atoms with Crippen LogP contribution in [0.3, 0.4) is 0 Å². The summed E-state index contributed by atoms with van der Waals surface area (Å²) in [4.78, 5) is 4.71. The zero-order valence-corrected chi connectivity index (χ0v) is 17.0. The van der Waals surface area contributed by atoms with Crippen molar-refractivity contribution in [3.8, 4) is 0 Å². The third kappa shape index (κ3) is 3.48. The number of likely N-dealkylation sites (tertiary alicyclic amines) is 1. The summed E-state index contributed by atoms with van der Waals surface area (Å²) >= 11 is 0. The predicted octanol–water partition coefficient (Wildman–Crippen LogP) is 2.49. The second-order valence-corrected chi connectivity index (χ2v) is 9.63. The molecule has 2 aromatic carbocycles. The van der Waals surface area contributed by atoms with E-state index >= 15 is 0 Å². The molecule has 0 saturated carbocycles. The number of fused-ring (bicyclic) bond motifs is 1. The summed E-state index contributed by atoms with van der Waals surface area (Å²) in [5.74, 6) is 0.114. The molecule has 0 spiro atoms. The molecule has 28 heavy (non-hydrogen) atoms. The second kappa shape index (κ2) is 7.22. The number of benzene rings is 2. The van der Waals surface area contributed by atoms with Gasteiger partial charge in [-0.3, -0.25) is 4.90 Å². The Morgan fingerprint density at radius 3 is 2.46 bits per heavy atom. The number of primary sulfonamides is 1. The lowest BCUT2D eigenvalue weighted by atomic mass is 9.94. The maximum atomic E-state index is 14.5. The number of hydrogen-bond acceptors (Lipinski definition) is 4. The summed E-state index contributed by atoms with van der Waals surface area (Å²) in [6, 6.07) is 12.6. The first-order valence-corrected chi connectivity index (χ1v) is 11.1. The van der Waals surface area contributed by atoms with Gasteiger partial charge >= 0.3 is 0 Å². The Kier molecular flexibility index (Phi) is 5.03. The Hall–Kier alpha value is -1.80. The number of hydrogen-bond donors (Lipinski definition) is 1. The van der Waals surface area contributed by atoms with E-state index in [9.17, 15) is 12.8 Å². The summed E-state index contributed by atoms with van der Waals surface area (Å²) in [5, 5.41) is 5.22. The smallest absolute Gasteiger partial charge is 0.238 e. The van der Waals surface area contributed by atoms with Gasteiger partial charge in [0.05, 0.1) is 4.90 Å². The van der Waals surface area contributed by atoms with Crippen LogP contribution in [-0.2, 0) is 16.4 Å². The van der Waals surface area contributed by atoms with Crippen molar-refractivity contribution in [1.82, 2.24) is 9.80 Å². The van der Waals surface area contributed by atoms with E-state index < -0.39 is 10.0 Å². The zero-order chi connectivity index (χ0) is 20.1. The molecule has 0 bridgehead atoms. The molecule has 1 fully saturated rings. The van der Waals surface area contributed by atoms with Crippen LogP contribution in [0.4, 0.5) is 4.39 Å². The first-order chi connectivity index (χ1) is 13.3. The lowest BCUT2D eigenvalue weighted by molar-refractivity contribution is 0.213. The van der Waals surface area contributed by atoms with Crippen LogP contribution < -0.4 is 5.14 Å². The topological polar surface area (TPSA) is 66.6 Å². The molecule has 150 valence electrons. The molecule has 2 aromatic rings. The van der Waals surface area contributed by atoms with E-state index in [1.165, 1.54) is 0 Å². The zero-order valence-electron chi connectivity index (χ0n) is 16.2. The minimum Gasteiger partial charge on any atom is -0.305 e. The molecule has 3 atom stereocenters. The minimum absolute atomic E-state index is 0.104. The molecule has 1 aliphatic carbocycles. The lowest BCUT2D eigenvalue weighted by Crippen LogP contribution is -2.35. The second-order valence-electron chi connectivity index (χ2n) is 8.07. The van der Waals surface area contributed by atoms with Crippen molar-refractivity contribution in [2.75, 3.05) is 27.2 Å². The van der Waals surface area contributed by atoms with Gasteiger partial charge in [-0.25, -0.2) is 17.9 Å². The highest BCUT2D eigenvalue weighted by atomic mass is 32.2. The van der Waals surface area contributed by atoms with Gasteiger partial charge < -0.3 is 4.90 Å². The normalized spacial score (nSPS) is 25.4. The van der Waals surface area contributed by atoms with Crippen molar-refractivity contribution in [2.24, 2.45) is 5.14 Å². The summed E-state index contributed by atoms with van der Waals surface area (Å²) < 4.78 is 37.6. The van der Waals surface area contributed by atoms with Gasteiger partial charge in [0.2, 0.25) is 10.0 Å². The third-order valence-corrected chi connectivity index (χ3v) is 7.15. The fourth-order valence-electron chi connectivity index (χ4n) is 4.80. The van der Waals surface area contributed by atoms with E-state index in [4.69, 9.17) is 5.14 Å². The fourth-order valence-corrected chi connectivity index (χ4v) is 5.32. The first-order valence-electron chi connectivity index (χ1n) is 9.56. The number of sulfonamides is 1. The molecule has 2 N–H and O–H groups in total. The molecule has 5 nitrogen and oxygen atoms in total. The van der Waals surface area contributed by atoms with Crippen LogP contribution in [0.25, 0.3) is 0 Å². The van der Waals surface area contributed by atoms with Gasteiger partial charge in [-0.15, -0.1) is 0 Å². The predicted molar refractivity (Wildman–Crippen MR) is 107 cm³/mol. The Morgan fingerprint density at radius 2 is 1.82 bits per heavy atom. The van der Waals surface area contributed by atoms with E-state index in [2.05, 4.69) is 23.9 Å². The molecular weight excluding hydrogens is 377 g/mol. The van der Waals surface area contributed by atoms with Gasteiger partial charge in [-0.1, -0.05) is 24.3 Å². The van der Waals surface area contributed by atoms with Crippen LogP contribution in [0.1, 0.15) is 35.1 Å². The average molecular weight is 404 g/mol. The molecule has 1 heterocycles. The highest BCUT2D eigenvalue weighted by molar-refractivity contribution is 7.89. The van der Waals surface area contributed by atoms with Crippen LogP contribution in [-0.4, -0.2) is 51.4 Å². The highest BCUT2D eigenvalue weighted by Crippen LogP contribution is 2.42. The van der Waals surface area contributed by atoms with Crippen molar-refractivity contribution in [3.63, 3.8) is 0 Å². The summed E-state index contributed by atoms with van der Waals surface area (Å²) in [7, 11) is 0.420. The van der Waals surface area contributed by atoms with Crippen LogP contribution in [0.15, 0.2) is 47.4 Å². The van der Waals surface area contributed by atoms with Crippen molar-refractivity contribution in [1.29, 1.82) is 0 Å². The molecule has 0 amide bonds. The van der Waals surface area contributed by atoms with Gasteiger partial charge in [-0.2, -0.15) is 0 Å². The standard InChI is InChI=1S/C21H26FN3O2S/c1-24(2)20-13-25(19-11-8-15-4-3-5-18(22)21(15)19)12-17(20)14-6-9-16(10-7-14)28(23,26)27/h3-7,9-10,17,19-20H,8,11-13H2,1-2H3,(H2,23,26,27)/t17-,19?,20+/m1/s1. The van der Waals surface area contributed by atoms with Crippen molar-refractivity contribution < 1.29 is 12.8 Å². The fraction of sp³-hybridized carbons (Fsp3) is 0.429. The molecule has 1 saturated heterocycles. The molecule has 4 rings (SSSR count). The number of nitrogens with two attached hydrogens (primary N) is 1. The maximum absolute atomic E-state index is 14.5. The SMILES string of the molecule is CN(C)[C@H]1CN(C2CCc3cccc(F)c32)C[C@@H]1c1ccc(S(N)(=O)=O)cc1. The minimum atomic E-state index is -3.70. The van der Waals surface area contributed by atoms with Crippen molar-refractivity contribution in [2.45, 2.75) is 35.7 Å². The molecule has 7 heteroatoms. The van der Waals surface area contributed by atoms with Crippen LogP contribution in [0, 0.1) is 5.82 Å².